The number of hydrogen-bond acceptors (Lipinski definition) is 2. The lowest BCUT2D eigenvalue weighted by Gasteiger charge is -2.06. The van der Waals surface area contributed by atoms with Crippen LogP contribution in [-0.2, 0) is 6.42 Å². The zero-order valence-electron chi connectivity index (χ0n) is 10.0. The Morgan fingerprint density at radius 2 is 2.05 bits per heavy atom. The maximum atomic E-state index is 13.7. The van der Waals surface area contributed by atoms with E-state index in [0.29, 0.717) is 10.0 Å². The van der Waals surface area contributed by atoms with E-state index in [1.807, 2.05) is 12.1 Å². The number of halogens is 2. The number of carbonyl (C=O) groups excluding carboxylic acids is 1. The predicted molar refractivity (Wildman–Crippen MR) is 76.2 cm³/mol. The number of hydrogen-bond donors (Lipinski definition) is 1. The molecule has 0 unspecified atom stereocenters. The summed E-state index contributed by atoms with van der Waals surface area (Å²) in [4.78, 5) is 12.3. The van der Waals surface area contributed by atoms with E-state index in [-0.39, 0.29) is 11.3 Å². The van der Waals surface area contributed by atoms with Crippen LogP contribution in [0.5, 0.6) is 0 Å². The van der Waals surface area contributed by atoms with Gasteiger partial charge in [0.2, 0.25) is 0 Å². The Labute approximate surface area is 118 Å². The molecule has 96 valence electrons. The second-order valence-electron chi connectivity index (χ2n) is 4.50. The Balaban J connectivity index is 2.02. The average molecular weight is 320 g/mol. The van der Waals surface area contributed by atoms with Crippen molar-refractivity contribution in [2.75, 3.05) is 11.9 Å². The topological polar surface area (TPSA) is 29.1 Å². The van der Waals surface area contributed by atoms with Crippen molar-refractivity contribution in [3.8, 4) is 0 Å². The van der Waals surface area contributed by atoms with Crippen LogP contribution in [0.3, 0.4) is 0 Å². The van der Waals surface area contributed by atoms with Gasteiger partial charge < -0.3 is 5.32 Å². The lowest BCUT2D eigenvalue weighted by Crippen LogP contribution is -2.04. The van der Waals surface area contributed by atoms with Crippen LogP contribution < -0.4 is 5.32 Å². The van der Waals surface area contributed by atoms with Gasteiger partial charge >= 0.3 is 0 Å². The second-order valence-corrected chi connectivity index (χ2v) is 5.42. The van der Waals surface area contributed by atoms with E-state index in [9.17, 15) is 9.18 Å². The zero-order chi connectivity index (χ0) is 13.4. The Morgan fingerprint density at radius 3 is 2.89 bits per heavy atom. The van der Waals surface area contributed by atoms with Crippen molar-refractivity contribution in [2.24, 2.45) is 0 Å². The van der Waals surface area contributed by atoms with Crippen LogP contribution in [0, 0.1) is 5.82 Å². The predicted octanol–water partition coefficient (Wildman–Crippen LogP) is 3.79. The minimum atomic E-state index is -0.494. The first-order valence-corrected chi connectivity index (χ1v) is 6.81. The standard InChI is InChI=1S/C15H11BrFNO/c16-11-2-3-13(17)12(8-11)15(19)10-1-4-14-9(7-10)5-6-18-14/h1-4,7-8,18H,5-6H2. The van der Waals surface area contributed by atoms with Gasteiger partial charge in [-0.3, -0.25) is 4.79 Å². The Hall–Kier alpha value is -1.68. The number of fused-ring (bicyclic) bond motifs is 1. The molecule has 19 heavy (non-hydrogen) atoms. The Kier molecular flexibility index (Phi) is 3.11. The molecule has 0 fully saturated rings. The Bertz CT molecular complexity index is 669. The average Bonchev–Trinajstić information content (AvgIpc) is 2.88. The third-order valence-electron chi connectivity index (χ3n) is 3.25. The Morgan fingerprint density at radius 1 is 1.21 bits per heavy atom. The van der Waals surface area contributed by atoms with Crippen molar-refractivity contribution in [3.05, 3.63) is 63.4 Å². The van der Waals surface area contributed by atoms with Gasteiger partial charge in [-0.25, -0.2) is 4.39 Å². The van der Waals surface area contributed by atoms with Crippen molar-refractivity contribution < 1.29 is 9.18 Å². The van der Waals surface area contributed by atoms with Gasteiger partial charge in [-0.1, -0.05) is 15.9 Å². The smallest absolute Gasteiger partial charge is 0.196 e. The number of anilines is 1. The highest BCUT2D eigenvalue weighted by atomic mass is 79.9. The van der Waals surface area contributed by atoms with Crippen molar-refractivity contribution >= 4 is 27.4 Å². The molecule has 0 spiro atoms. The molecule has 0 radical (unpaired) electrons. The SMILES string of the molecule is O=C(c1ccc2c(c1)CCN2)c1cc(Br)ccc1F. The molecule has 3 rings (SSSR count). The minimum absolute atomic E-state index is 0.0975. The van der Waals surface area contributed by atoms with Crippen LogP contribution in [-0.4, -0.2) is 12.3 Å². The van der Waals surface area contributed by atoms with Crippen LogP contribution >= 0.6 is 15.9 Å². The van der Waals surface area contributed by atoms with Crippen LogP contribution in [0.2, 0.25) is 0 Å². The molecule has 1 heterocycles. The fourth-order valence-electron chi connectivity index (χ4n) is 2.27. The van der Waals surface area contributed by atoms with Crippen LogP contribution in [0.15, 0.2) is 40.9 Å². The van der Waals surface area contributed by atoms with E-state index >= 15 is 0 Å². The number of ketones is 1. The van der Waals surface area contributed by atoms with Gasteiger partial charge in [0.15, 0.2) is 5.78 Å². The summed E-state index contributed by atoms with van der Waals surface area (Å²) in [5.74, 6) is -0.777. The molecule has 0 bridgehead atoms. The molecule has 0 saturated carbocycles. The first-order chi connectivity index (χ1) is 9.15. The molecule has 1 N–H and O–H groups in total. The molecule has 0 saturated heterocycles. The summed E-state index contributed by atoms with van der Waals surface area (Å²) in [6.07, 6.45) is 0.900. The quantitative estimate of drug-likeness (QED) is 0.853. The largest absolute Gasteiger partial charge is 0.384 e. The summed E-state index contributed by atoms with van der Waals surface area (Å²) in [6.45, 7) is 0.887. The molecule has 2 aromatic rings. The lowest BCUT2D eigenvalue weighted by atomic mass is 10.00. The highest BCUT2D eigenvalue weighted by molar-refractivity contribution is 9.10. The number of rotatable bonds is 2. The molecular weight excluding hydrogens is 309 g/mol. The van der Waals surface area contributed by atoms with Gasteiger partial charge in [0.25, 0.3) is 0 Å². The molecule has 4 heteroatoms. The van der Waals surface area contributed by atoms with E-state index in [0.717, 1.165) is 24.2 Å². The fraction of sp³-hybridized carbons (Fsp3) is 0.133. The van der Waals surface area contributed by atoms with Gasteiger partial charge in [0.1, 0.15) is 5.82 Å². The van der Waals surface area contributed by atoms with Crippen LogP contribution in [0.4, 0.5) is 10.1 Å². The van der Waals surface area contributed by atoms with Crippen molar-refractivity contribution in [1.82, 2.24) is 0 Å². The molecule has 0 aliphatic carbocycles. The van der Waals surface area contributed by atoms with Gasteiger partial charge in [0, 0.05) is 22.3 Å². The molecule has 2 aromatic carbocycles. The summed E-state index contributed by atoms with van der Waals surface area (Å²) in [5, 5.41) is 3.23. The summed E-state index contributed by atoms with van der Waals surface area (Å²) >= 11 is 3.26. The first kappa shape index (κ1) is 12.4. The van der Waals surface area contributed by atoms with Crippen molar-refractivity contribution in [3.63, 3.8) is 0 Å². The number of benzene rings is 2. The maximum absolute atomic E-state index is 13.7. The lowest BCUT2D eigenvalue weighted by molar-refractivity contribution is 0.103. The minimum Gasteiger partial charge on any atom is -0.384 e. The first-order valence-electron chi connectivity index (χ1n) is 6.02. The van der Waals surface area contributed by atoms with Crippen molar-refractivity contribution in [1.29, 1.82) is 0 Å². The van der Waals surface area contributed by atoms with Gasteiger partial charge in [-0.2, -0.15) is 0 Å². The maximum Gasteiger partial charge on any atom is 0.196 e. The van der Waals surface area contributed by atoms with E-state index in [1.54, 1.807) is 12.1 Å². The molecule has 0 aromatic heterocycles. The summed E-state index contributed by atoms with van der Waals surface area (Å²) < 4.78 is 14.4. The van der Waals surface area contributed by atoms with Crippen LogP contribution in [0.25, 0.3) is 0 Å². The van der Waals surface area contributed by atoms with E-state index in [2.05, 4.69) is 21.2 Å². The van der Waals surface area contributed by atoms with Gasteiger partial charge in [0.05, 0.1) is 5.56 Å². The highest BCUT2D eigenvalue weighted by Crippen LogP contribution is 2.25. The number of nitrogens with one attached hydrogen (secondary N) is 1. The van der Waals surface area contributed by atoms with Gasteiger partial charge in [-0.05, 0) is 48.4 Å². The van der Waals surface area contributed by atoms with Gasteiger partial charge in [-0.15, -0.1) is 0 Å². The summed E-state index contributed by atoms with van der Waals surface area (Å²) in [7, 11) is 0. The summed E-state index contributed by atoms with van der Waals surface area (Å²) in [6, 6.07) is 9.86. The molecule has 0 atom stereocenters. The molecular formula is C15H11BrFNO. The highest BCUT2D eigenvalue weighted by Gasteiger charge is 2.17. The van der Waals surface area contributed by atoms with Crippen LogP contribution in [0.1, 0.15) is 21.5 Å². The molecule has 2 nitrogen and oxygen atoms in total. The van der Waals surface area contributed by atoms with E-state index in [4.69, 9.17) is 0 Å². The van der Waals surface area contributed by atoms with E-state index < -0.39 is 5.82 Å². The second kappa shape index (κ2) is 4.78. The third kappa shape index (κ3) is 2.28. The molecule has 0 amide bonds. The zero-order valence-corrected chi connectivity index (χ0v) is 11.6. The molecule has 1 aliphatic rings. The number of carbonyl (C=O) groups is 1. The van der Waals surface area contributed by atoms with Crippen molar-refractivity contribution in [2.45, 2.75) is 6.42 Å². The monoisotopic (exact) mass is 319 g/mol. The van der Waals surface area contributed by atoms with E-state index in [1.165, 1.54) is 12.1 Å². The third-order valence-corrected chi connectivity index (χ3v) is 3.74. The molecule has 1 aliphatic heterocycles. The summed E-state index contributed by atoms with van der Waals surface area (Å²) in [5.41, 5.74) is 2.80. The normalized spacial score (nSPS) is 12.9. The fourth-order valence-corrected chi connectivity index (χ4v) is 2.63.